The van der Waals surface area contributed by atoms with Crippen LogP contribution in [-0.2, 0) is 18.4 Å². The van der Waals surface area contributed by atoms with E-state index in [4.69, 9.17) is 9.47 Å². The van der Waals surface area contributed by atoms with Gasteiger partial charge in [-0.05, 0) is 29.8 Å². The number of ether oxygens (including phenoxy) is 2. The van der Waals surface area contributed by atoms with Crippen LogP contribution in [0.2, 0.25) is 0 Å². The molecule has 0 aliphatic carbocycles. The van der Waals surface area contributed by atoms with Crippen LogP contribution in [-0.4, -0.2) is 29.8 Å². The highest BCUT2D eigenvalue weighted by atomic mass is 16.5. The number of hydrogen-bond acceptors (Lipinski definition) is 4. The molecular weight excluding hydrogens is 268 g/mol. The van der Waals surface area contributed by atoms with Crippen LogP contribution < -0.4 is 4.74 Å². The lowest BCUT2D eigenvalue weighted by Crippen LogP contribution is -2.03. The van der Waals surface area contributed by atoms with Crippen molar-refractivity contribution in [3.8, 4) is 5.75 Å². The SMILES string of the molecule is COCc1cc(/C=C\C(=O)c2ccnn2C)ccc1OC. The molecule has 0 fully saturated rings. The molecule has 0 bridgehead atoms. The van der Waals surface area contributed by atoms with Crippen LogP contribution in [0.3, 0.4) is 0 Å². The summed E-state index contributed by atoms with van der Waals surface area (Å²) in [4.78, 5) is 12.0. The van der Waals surface area contributed by atoms with E-state index in [0.717, 1.165) is 16.9 Å². The maximum absolute atomic E-state index is 12.0. The predicted octanol–water partition coefficient (Wildman–Crippen LogP) is 2.47. The number of carbonyl (C=O) groups is 1. The molecule has 110 valence electrons. The number of carbonyl (C=O) groups excluding carboxylic acids is 1. The Labute approximate surface area is 123 Å². The maximum atomic E-state index is 12.0. The predicted molar refractivity (Wildman–Crippen MR) is 80.3 cm³/mol. The van der Waals surface area contributed by atoms with Gasteiger partial charge < -0.3 is 9.47 Å². The fraction of sp³-hybridized carbons (Fsp3) is 0.250. The first-order valence-electron chi connectivity index (χ1n) is 6.52. The molecule has 0 aliphatic heterocycles. The number of methoxy groups -OCH3 is 2. The molecule has 0 amide bonds. The van der Waals surface area contributed by atoms with E-state index in [0.29, 0.717) is 12.3 Å². The van der Waals surface area contributed by atoms with Gasteiger partial charge in [0.05, 0.1) is 13.7 Å². The van der Waals surface area contributed by atoms with Gasteiger partial charge in [-0.2, -0.15) is 5.10 Å². The van der Waals surface area contributed by atoms with E-state index in [1.54, 1.807) is 44.3 Å². The maximum Gasteiger partial charge on any atom is 0.203 e. The molecule has 0 N–H and O–H groups in total. The summed E-state index contributed by atoms with van der Waals surface area (Å²) in [5.41, 5.74) is 2.41. The van der Waals surface area contributed by atoms with Crippen LogP contribution in [0.15, 0.2) is 36.5 Å². The van der Waals surface area contributed by atoms with E-state index >= 15 is 0 Å². The second-order valence-electron chi connectivity index (χ2n) is 4.54. The molecule has 0 atom stereocenters. The normalized spacial score (nSPS) is 11.0. The quantitative estimate of drug-likeness (QED) is 0.604. The molecule has 0 radical (unpaired) electrons. The molecule has 0 aliphatic rings. The Hall–Kier alpha value is -2.40. The van der Waals surface area contributed by atoms with Gasteiger partial charge in [-0.1, -0.05) is 12.1 Å². The standard InChI is InChI=1S/C16H18N2O3/c1-18-14(8-9-17-18)15(19)6-4-12-5-7-16(21-3)13(10-12)11-20-2/h4-10H,11H2,1-3H3/b6-4-. The monoisotopic (exact) mass is 286 g/mol. The zero-order valence-electron chi connectivity index (χ0n) is 12.4. The molecule has 1 aromatic carbocycles. The van der Waals surface area contributed by atoms with Crippen LogP contribution in [0.5, 0.6) is 5.75 Å². The van der Waals surface area contributed by atoms with Crippen molar-refractivity contribution >= 4 is 11.9 Å². The summed E-state index contributed by atoms with van der Waals surface area (Å²) in [7, 11) is 5.00. The Morgan fingerprint density at radius 1 is 1.33 bits per heavy atom. The van der Waals surface area contributed by atoms with Crippen molar-refractivity contribution in [2.75, 3.05) is 14.2 Å². The summed E-state index contributed by atoms with van der Waals surface area (Å²) in [6.07, 6.45) is 4.91. The van der Waals surface area contributed by atoms with Gasteiger partial charge in [0.1, 0.15) is 11.4 Å². The summed E-state index contributed by atoms with van der Waals surface area (Å²) < 4.78 is 12.0. The third-order valence-corrected chi connectivity index (χ3v) is 3.10. The largest absolute Gasteiger partial charge is 0.496 e. The van der Waals surface area contributed by atoms with Crippen LogP contribution >= 0.6 is 0 Å². The number of allylic oxidation sites excluding steroid dienone is 1. The van der Waals surface area contributed by atoms with Gasteiger partial charge >= 0.3 is 0 Å². The highest BCUT2D eigenvalue weighted by Crippen LogP contribution is 2.21. The average molecular weight is 286 g/mol. The van der Waals surface area contributed by atoms with Crippen LogP contribution in [0.1, 0.15) is 21.6 Å². The minimum Gasteiger partial charge on any atom is -0.496 e. The number of hydrogen-bond donors (Lipinski definition) is 0. The first kappa shape index (κ1) is 15.0. The van der Waals surface area contributed by atoms with Gasteiger partial charge in [-0.25, -0.2) is 0 Å². The molecule has 21 heavy (non-hydrogen) atoms. The van der Waals surface area contributed by atoms with Crippen molar-refractivity contribution in [1.29, 1.82) is 0 Å². The summed E-state index contributed by atoms with van der Waals surface area (Å²) in [6, 6.07) is 7.39. The highest BCUT2D eigenvalue weighted by Gasteiger charge is 2.07. The van der Waals surface area contributed by atoms with Gasteiger partial charge in [0.2, 0.25) is 5.78 Å². The van der Waals surface area contributed by atoms with E-state index < -0.39 is 0 Å². The van der Waals surface area contributed by atoms with Crippen LogP contribution in [0.4, 0.5) is 0 Å². The molecule has 0 saturated heterocycles. The molecule has 2 rings (SSSR count). The lowest BCUT2D eigenvalue weighted by molar-refractivity contribution is 0.103. The second-order valence-corrected chi connectivity index (χ2v) is 4.54. The number of aryl methyl sites for hydroxylation is 1. The Morgan fingerprint density at radius 2 is 2.14 bits per heavy atom. The molecule has 1 aromatic heterocycles. The Kier molecular flexibility index (Phi) is 4.90. The van der Waals surface area contributed by atoms with Crippen molar-refractivity contribution in [1.82, 2.24) is 9.78 Å². The summed E-state index contributed by atoms with van der Waals surface area (Å²) in [6.45, 7) is 0.459. The molecule has 0 spiro atoms. The highest BCUT2D eigenvalue weighted by molar-refractivity contribution is 6.05. The van der Waals surface area contributed by atoms with E-state index in [1.807, 2.05) is 18.2 Å². The minimum absolute atomic E-state index is 0.0842. The number of rotatable bonds is 6. The van der Waals surface area contributed by atoms with Crippen molar-refractivity contribution < 1.29 is 14.3 Å². The van der Waals surface area contributed by atoms with Gasteiger partial charge in [-0.15, -0.1) is 0 Å². The van der Waals surface area contributed by atoms with Gasteiger partial charge in [0.25, 0.3) is 0 Å². The summed E-state index contributed by atoms with van der Waals surface area (Å²) in [5.74, 6) is 0.686. The first-order valence-corrected chi connectivity index (χ1v) is 6.52. The van der Waals surface area contributed by atoms with E-state index in [9.17, 15) is 4.79 Å². The molecule has 2 aromatic rings. The Balaban J connectivity index is 2.19. The second kappa shape index (κ2) is 6.85. The molecule has 0 unspecified atom stereocenters. The van der Waals surface area contributed by atoms with Gasteiger partial charge in [-0.3, -0.25) is 9.48 Å². The third-order valence-electron chi connectivity index (χ3n) is 3.10. The number of benzene rings is 1. The van der Waals surface area contributed by atoms with Crippen molar-refractivity contribution in [2.45, 2.75) is 6.61 Å². The minimum atomic E-state index is -0.0842. The lowest BCUT2D eigenvalue weighted by atomic mass is 10.1. The Morgan fingerprint density at radius 3 is 2.76 bits per heavy atom. The lowest BCUT2D eigenvalue weighted by Gasteiger charge is -2.08. The first-order chi connectivity index (χ1) is 10.2. The molecule has 5 heteroatoms. The van der Waals surface area contributed by atoms with Crippen LogP contribution in [0, 0.1) is 0 Å². The molecule has 1 heterocycles. The zero-order chi connectivity index (χ0) is 15.2. The van der Waals surface area contributed by atoms with Crippen molar-refractivity contribution in [3.63, 3.8) is 0 Å². The average Bonchev–Trinajstić information content (AvgIpc) is 2.91. The van der Waals surface area contributed by atoms with Gasteiger partial charge in [0.15, 0.2) is 0 Å². The topological polar surface area (TPSA) is 53.3 Å². The van der Waals surface area contributed by atoms with Crippen molar-refractivity contribution in [2.24, 2.45) is 7.05 Å². The number of ketones is 1. The summed E-state index contributed by atoms with van der Waals surface area (Å²) >= 11 is 0. The molecular formula is C16H18N2O3. The fourth-order valence-corrected chi connectivity index (χ4v) is 2.04. The van der Waals surface area contributed by atoms with Gasteiger partial charge in [0, 0.05) is 25.9 Å². The number of nitrogens with zero attached hydrogens (tertiary/aromatic N) is 2. The zero-order valence-corrected chi connectivity index (χ0v) is 12.4. The van der Waals surface area contributed by atoms with Crippen molar-refractivity contribution in [3.05, 3.63) is 53.4 Å². The van der Waals surface area contributed by atoms with E-state index in [-0.39, 0.29) is 5.78 Å². The Bertz CT molecular complexity index is 659. The molecule has 5 nitrogen and oxygen atoms in total. The number of aromatic nitrogens is 2. The van der Waals surface area contributed by atoms with E-state index in [1.165, 1.54) is 6.08 Å². The van der Waals surface area contributed by atoms with E-state index in [2.05, 4.69) is 5.10 Å². The smallest absolute Gasteiger partial charge is 0.203 e. The fourth-order valence-electron chi connectivity index (χ4n) is 2.04. The summed E-state index contributed by atoms with van der Waals surface area (Å²) in [5, 5.41) is 3.98. The molecule has 0 saturated carbocycles. The third kappa shape index (κ3) is 3.58. The van der Waals surface area contributed by atoms with Crippen LogP contribution in [0.25, 0.3) is 6.08 Å².